The summed E-state index contributed by atoms with van der Waals surface area (Å²) in [6, 6.07) is 7.91. The van der Waals surface area contributed by atoms with Gasteiger partial charge >= 0.3 is 0 Å². The predicted octanol–water partition coefficient (Wildman–Crippen LogP) is 10.3. The van der Waals surface area contributed by atoms with Crippen molar-refractivity contribution in [2.75, 3.05) is 6.67 Å². The minimum atomic E-state index is -0.905. The van der Waals surface area contributed by atoms with E-state index >= 15 is 13.2 Å². The fourth-order valence-corrected chi connectivity index (χ4v) is 6.32. The molecule has 0 nitrogen and oxygen atoms in total. The summed E-state index contributed by atoms with van der Waals surface area (Å²) in [6.45, 7) is 1.47. The lowest BCUT2D eigenvalue weighted by atomic mass is 9.77. The summed E-state index contributed by atoms with van der Waals surface area (Å²) in [5.41, 5.74) is 1.41. The normalized spacial score (nSPS) is 25.2. The molecule has 0 N–H and O–H groups in total. The summed E-state index contributed by atoms with van der Waals surface area (Å²) in [5.74, 6) is -1.77. The Labute approximate surface area is 212 Å². The van der Waals surface area contributed by atoms with E-state index in [2.05, 4.69) is 6.92 Å². The van der Waals surface area contributed by atoms with Crippen LogP contribution in [-0.2, 0) is 0 Å². The Morgan fingerprint density at radius 3 is 2.11 bits per heavy atom. The van der Waals surface area contributed by atoms with E-state index in [0.29, 0.717) is 48.3 Å². The summed E-state index contributed by atoms with van der Waals surface area (Å²) in [6.07, 6.45) is 10.4. The fourth-order valence-electron chi connectivity index (χ4n) is 6.32. The number of halogens is 5. The predicted molar refractivity (Wildman–Crippen MR) is 136 cm³/mol. The zero-order valence-electron chi connectivity index (χ0n) is 21.1. The first-order chi connectivity index (χ1) is 17.4. The van der Waals surface area contributed by atoms with Gasteiger partial charge in [-0.1, -0.05) is 44.0 Å². The molecule has 2 aromatic carbocycles. The van der Waals surface area contributed by atoms with Crippen molar-refractivity contribution < 1.29 is 22.0 Å². The van der Waals surface area contributed by atoms with Crippen molar-refractivity contribution in [2.24, 2.45) is 11.8 Å². The Morgan fingerprint density at radius 2 is 1.47 bits per heavy atom. The summed E-state index contributed by atoms with van der Waals surface area (Å²) >= 11 is 0. The van der Waals surface area contributed by atoms with Gasteiger partial charge in [0.2, 0.25) is 0 Å². The molecular weight excluding hydrogens is 467 g/mol. The molecule has 2 fully saturated rings. The topological polar surface area (TPSA) is 0 Å². The minimum absolute atomic E-state index is 0.000249. The molecule has 2 saturated carbocycles. The molecule has 196 valence electrons. The van der Waals surface area contributed by atoms with Crippen molar-refractivity contribution in [1.82, 2.24) is 0 Å². The second-order valence-electron chi connectivity index (χ2n) is 10.7. The quantitative estimate of drug-likeness (QED) is 0.314. The van der Waals surface area contributed by atoms with E-state index in [0.717, 1.165) is 32.1 Å². The van der Waals surface area contributed by atoms with E-state index in [4.69, 9.17) is 0 Å². The van der Waals surface area contributed by atoms with Crippen LogP contribution >= 0.6 is 0 Å². The van der Waals surface area contributed by atoms with Gasteiger partial charge in [0.15, 0.2) is 11.6 Å². The molecule has 0 unspecified atom stereocenters. The third-order valence-electron chi connectivity index (χ3n) is 8.37. The highest BCUT2D eigenvalue weighted by atomic mass is 19.2. The van der Waals surface area contributed by atoms with Crippen LogP contribution in [0.15, 0.2) is 42.2 Å². The van der Waals surface area contributed by atoms with Crippen LogP contribution < -0.4 is 0 Å². The zero-order valence-corrected chi connectivity index (χ0v) is 21.1. The molecule has 0 spiro atoms. The van der Waals surface area contributed by atoms with Crippen LogP contribution in [0, 0.1) is 29.3 Å². The fraction of sp³-hybridized carbons (Fsp3) is 0.548. The molecule has 0 heterocycles. The van der Waals surface area contributed by atoms with Gasteiger partial charge in [0.1, 0.15) is 5.82 Å². The molecule has 0 aliphatic heterocycles. The van der Waals surface area contributed by atoms with Crippen molar-refractivity contribution in [3.63, 3.8) is 0 Å². The Morgan fingerprint density at radius 1 is 0.833 bits per heavy atom. The molecule has 4 rings (SSSR count). The molecule has 0 atom stereocenters. The number of rotatable bonds is 8. The first kappa shape index (κ1) is 26.9. The van der Waals surface area contributed by atoms with Crippen molar-refractivity contribution in [3.05, 3.63) is 70.8 Å². The average Bonchev–Trinajstić information content (AvgIpc) is 2.87. The highest BCUT2D eigenvalue weighted by Gasteiger charge is 2.27. The molecule has 0 radical (unpaired) electrons. The molecule has 0 saturated heterocycles. The monoisotopic (exact) mass is 504 g/mol. The van der Waals surface area contributed by atoms with Crippen molar-refractivity contribution >= 4 is 0 Å². The Hall–Kier alpha value is -2.17. The van der Waals surface area contributed by atoms with Gasteiger partial charge in [0, 0.05) is 12.0 Å². The summed E-state index contributed by atoms with van der Waals surface area (Å²) in [5, 5.41) is 0. The van der Waals surface area contributed by atoms with Crippen LogP contribution in [0.5, 0.6) is 0 Å². The molecule has 0 amide bonds. The number of hydrogen-bond acceptors (Lipinski definition) is 0. The lowest BCUT2D eigenvalue weighted by molar-refractivity contribution is 0.303. The van der Waals surface area contributed by atoms with Gasteiger partial charge in [-0.25, -0.2) is 17.6 Å². The first-order valence-electron chi connectivity index (χ1n) is 13.6. The molecular formula is C31H37F5. The largest absolute Gasteiger partial charge is 0.251 e. The number of hydrogen-bond donors (Lipinski definition) is 0. The van der Waals surface area contributed by atoms with Crippen LogP contribution in [0.25, 0.3) is 11.1 Å². The van der Waals surface area contributed by atoms with Crippen LogP contribution in [0.4, 0.5) is 22.0 Å². The molecule has 0 aromatic heterocycles. The molecule has 5 heteroatoms. The maximum atomic E-state index is 15.1. The van der Waals surface area contributed by atoms with Gasteiger partial charge in [0.25, 0.3) is 0 Å². The maximum absolute atomic E-state index is 15.1. The summed E-state index contributed by atoms with van der Waals surface area (Å²) < 4.78 is 71.3. The van der Waals surface area contributed by atoms with Crippen LogP contribution in [0.3, 0.4) is 0 Å². The Bertz CT molecular complexity index is 1040. The molecule has 36 heavy (non-hydrogen) atoms. The Balaban J connectivity index is 1.44. The second-order valence-corrected chi connectivity index (χ2v) is 10.7. The van der Waals surface area contributed by atoms with Gasteiger partial charge in [-0.05, 0) is 104 Å². The highest BCUT2D eigenvalue weighted by Crippen LogP contribution is 2.41. The first-order valence-corrected chi connectivity index (χ1v) is 13.6. The summed E-state index contributed by atoms with van der Waals surface area (Å²) in [7, 11) is 0. The lowest BCUT2D eigenvalue weighted by Crippen LogP contribution is -2.15. The smallest absolute Gasteiger partial charge is 0.166 e. The molecule has 2 aliphatic carbocycles. The van der Waals surface area contributed by atoms with Gasteiger partial charge < -0.3 is 0 Å². The number of alkyl halides is 1. The molecule has 2 aromatic rings. The van der Waals surface area contributed by atoms with Crippen LogP contribution in [-0.4, -0.2) is 6.67 Å². The lowest BCUT2D eigenvalue weighted by Gasteiger charge is -2.29. The second kappa shape index (κ2) is 12.4. The average molecular weight is 505 g/mol. The maximum Gasteiger partial charge on any atom is 0.166 e. The molecule has 2 aliphatic rings. The third-order valence-corrected chi connectivity index (χ3v) is 8.37. The van der Waals surface area contributed by atoms with E-state index in [-0.39, 0.29) is 29.7 Å². The van der Waals surface area contributed by atoms with E-state index in [1.165, 1.54) is 18.6 Å². The molecule has 0 bridgehead atoms. The SMILES string of the molecule is CCCC1CCC(c2ccc(-c3ccc(C4CCC(C=C(F)CCF)CC4)c(F)c3)c(F)c2F)CC1. The standard InChI is InChI=1S/C31H37F5/c1-2-3-20-4-8-23(9-5-20)27-14-15-28(31(36)30(27)35)24-12-13-26(29(34)19-24)22-10-6-21(7-11-22)18-25(33)16-17-32/h12-15,18-23H,2-11,16-17H2,1H3. The third kappa shape index (κ3) is 6.20. The van der Waals surface area contributed by atoms with Gasteiger partial charge in [-0.3, -0.25) is 4.39 Å². The van der Waals surface area contributed by atoms with Crippen LogP contribution in [0.2, 0.25) is 0 Å². The summed E-state index contributed by atoms with van der Waals surface area (Å²) in [4.78, 5) is 0. The van der Waals surface area contributed by atoms with Gasteiger partial charge in [-0.15, -0.1) is 0 Å². The van der Waals surface area contributed by atoms with Crippen molar-refractivity contribution in [1.29, 1.82) is 0 Å². The Kier molecular flexibility index (Phi) is 9.25. The zero-order chi connectivity index (χ0) is 25.7. The van der Waals surface area contributed by atoms with E-state index in [9.17, 15) is 8.78 Å². The van der Waals surface area contributed by atoms with E-state index < -0.39 is 30.0 Å². The van der Waals surface area contributed by atoms with Gasteiger partial charge in [-0.2, -0.15) is 0 Å². The van der Waals surface area contributed by atoms with Crippen molar-refractivity contribution in [2.45, 2.75) is 89.4 Å². The minimum Gasteiger partial charge on any atom is -0.251 e. The number of allylic oxidation sites excluding steroid dienone is 2. The van der Waals surface area contributed by atoms with Crippen LogP contribution in [0.1, 0.15) is 101 Å². The van der Waals surface area contributed by atoms with E-state index in [1.807, 2.05) is 0 Å². The van der Waals surface area contributed by atoms with Gasteiger partial charge in [0.05, 0.1) is 12.5 Å². The number of benzene rings is 2. The highest BCUT2D eigenvalue weighted by molar-refractivity contribution is 5.65. The van der Waals surface area contributed by atoms with E-state index in [1.54, 1.807) is 24.3 Å². The van der Waals surface area contributed by atoms with Crippen molar-refractivity contribution in [3.8, 4) is 11.1 Å².